The first-order valence-corrected chi connectivity index (χ1v) is 9.79. The number of aliphatic hydroxyl groups excluding tert-OH is 1. The predicted molar refractivity (Wildman–Crippen MR) is 95.8 cm³/mol. The highest BCUT2D eigenvalue weighted by atomic mass is 32.2. The lowest BCUT2D eigenvalue weighted by atomic mass is 10.2. The van der Waals surface area contributed by atoms with Crippen LogP contribution in [0.4, 0.5) is 0 Å². The number of sulfonamides is 1. The molecule has 0 radical (unpaired) electrons. The van der Waals surface area contributed by atoms with Crippen molar-refractivity contribution in [3.05, 3.63) is 17.7 Å². The van der Waals surface area contributed by atoms with Gasteiger partial charge in [0.2, 0.25) is 10.0 Å². The van der Waals surface area contributed by atoms with Crippen LogP contribution in [0.2, 0.25) is 0 Å². The molecule has 1 aromatic rings. The molecule has 0 saturated carbocycles. The van der Waals surface area contributed by atoms with E-state index in [-0.39, 0.29) is 10.9 Å². The maximum absolute atomic E-state index is 13.1. The molecule has 1 saturated heterocycles. The number of ether oxygens (including phenoxy) is 2. The van der Waals surface area contributed by atoms with E-state index in [0.29, 0.717) is 43.2 Å². The second-order valence-electron chi connectivity index (χ2n) is 6.53. The van der Waals surface area contributed by atoms with Gasteiger partial charge in [-0.2, -0.15) is 4.31 Å². The smallest absolute Gasteiger partial charge is 0.243 e. The summed E-state index contributed by atoms with van der Waals surface area (Å²) in [5, 5.41) is 9.57. The van der Waals surface area contributed by atoms with Crippen LogP contribution in [0, 0.1) is 6.92 Å². The Morgan fingerprint density at radius 3 is 2.36 bits per heavy atom. The third-order valence-electron chi connectivity index (χ3n) is 4.53. The fourth-order valence-electron chi connectivity index (χ4n) is 3.17. The highest BCUT2D eigenvalue weighted by Gasteiger charge is 2.34. The Morgan fingerprint density at radius 1 is 1.24 bits per heavy atom. The highest BCUT2D eigenvalue weighted by molar-refractivity contribution is 7.89. The second kappa shape index (κ2) is 7.90. The highest BCUT2D eigenvalue weighted by Crippen LogP contribution is 2.34. The monoisotopic (exact) mass is 372 g/mol. The Balaban J connectivity index is 2.28. The molecular formula is C17H28N2O5S. The topological polar surface area (TPSA) is 79.3 Å². The van der Waals surface area contributed by atoms with Crippen molar-refractivity contribution < 1.29 is 23.0 Å². The minimum Gasteiger partial charge on any atom is -0.493 e. The molecule has 1 fully saturated rings. The Bertz CT molecular complexity index is 705. The van der Waals surface area contributed by atoms with E-state index in [1.807, 2.05) is 6.92 Å². The summed E-state index contributed by atoms with van der Waals surface area (Å²) >= 11 is 0. The van der Waals surface area contributed by atoms with Gasteiger partial charge in [-0.1, -0.05) is 0 Å². The fraction of sp³-hybridized carbons (Fsp3) is 0.647. The van der Waals surface area contributed by atoms with Gasteiger partial charge in [-0.25, -0.2) is 8.42 Å². The van der Waals surface area contributed by atoms with Gasteiger partial charge >= 0.3 is 0 Å². The van der Waals surface area contributed by atoms with Crippen molar-refractivity contribution in [2.45, 2.75) is 37.8 Å². The first-order valence-electron chi connectivity index (χ1n) is 8.35. The minimum atomic E-state index is -3.63. The summed E-state index contributed by atoms with van der Waals surface area (Å²) in [6.45, 7) is 7.40. The van der Waals surface area contributed by atoms with Crippen molar-refractivity contribution in [2.24, 2.45) is 0 Å². The van der Waals surface area contributed by atoms with Gasteiger partial charge in [0, 0.05) is 38.3 Å². The lowest BCUT2D eigenvalue weighted by Crippen LogP contribution is -2.54. The Kier molecular flexibility index (Phi) is 6.31. The van der Waals surface area contributed by atoms with E-state index in [9.17, 15) is 13.5 Å². The number of hydrogen-bond donors (Lipinski definition) is 1. The zero-order valence-corrected chi connectivity index (χ0v) is 16.3. The van der Waals surface area contributed by atoms with E-state index in [4.69, 9.17) is 9.47 Å². The number of nitrogens with zero attached hydrogens (tertiary/aromatic N) is 2. The van der Waals surface area contributed by atoms with E-state index in [1.54, 1.807) is 19.9 Å². The number of methoxy groups -OCH3 is 2. The van der Waals surface area contributed by atoms with Crippen molar-refractivity contribution in [1.82, 2.24) is 9.21 Å². The zero-order chi connectivity index (χ0) is 18.8. The molecule has 2 atom stereocenters. The Labute approximate surface area is 150 Å². The number of rotatable bonds is 6. The molecule has 8 heteroatoms. The molecule has 1 aliphatic rings. The number of benzene rings is 1. The average Bonchev–Trinajstić information content (AvgIpc) is 2.55. The maximum Gasteiger partial charge on any atom is 0.243 e. The van der Waals surface area contributed by atoms with Crippen molar-refractivity contribution >= 4 is 10.0 Å². The van der Waals surface area contributed by atoms with Crippen molar-refractivity contribution in [3.8, 4) is 11.5 Å². The van der Waals surface area contributed by atoms with Crippen LogP contribution >= 0.6 is 0 Å². The second-order valence-corrected chi connectivity index (χ2v) is 8.44. The van der Waals surface area contributed by atoms with Gasteiger partial charge in [0.1, 0.15) is 0 Å². The first-order chi connectivity index (χ1) is 11.7. The van der Waals surface area contributed by atoms with Crippen molar-refractivity contribution in [3.63, 3.8) is 0 Å². The summed E-state index contributed by atoms with van der Waals surface area (Å²) in [7, 11) is -0.618. The molecule has 25 heavy (non-hydrogen) atoms. The lowest BCUT2D eigenvalue weighted by molar-refractivity contribution is 0.0699. The molecule has 7 nitrogen and oxygen atoms in total. The van der Waals surface area contributed by atoms with Crippen LogP contribution in [0.3, 0.4) is 0 Å². The van der Waals surface area contributed by atoms with Crippen LogP contribution in [0.5, 0.6) is 11.5 Å². The third kappa shape index (κ3) is 4.25. The van der Waals surface area contributed by atoms with Crippen LogP contribution in [0.25, 0.3) is 0 Å². The molecule has 0 unspecified atom stereocenters. The summed E-state index contributed by atoms with van der Waals surface area (Å²) in [4.78, 5) is 2.35. The molecule has 1 aromatic carbocycles. The van der Waals surface area contributed by atoms with Gasteiger partial charge < -0.3 is 14.6 Å². The number of β-amino-alcohol motifs (C(OH)–C–C–N with tert-alkyl or cyclic N) is 1. The van der Waals surface area contributed by atoms with Gasteiger partial charge in [-0.3, -0.25) is 4.90 Å². The zero-order valence-electron chi connectivity index (χ0n) is 15.5. The summed E-state index contributed by atoms with van der Waals surface area (Å²) in [5.41, 5.74) is 0.622. The average molecular weight is 372 g/mol. The quantitative estimate of drug-likeness (QED) is 0.805. The van der Waals surface area contributed by atoms with Crippen molar-refractivity contribution in [2.75, 3.05) is 40.4 Å². The summed E-state index contributed by atoms with van der Waals surface area (Å²) in [6.07, 6.45) is -0.432. The van der Waals surface area contributed by atoms with E-state index in [1.165, 1.54) is 24.6 Å². The SMILES string of the molecule is COc1cc(C)c(S(=O)(=O)N2CCN(C[C@H](C)O)[C@H](C)C2)cc1OC. The van der Waals surface area contributed by atoms with E-state index in [2.05, 4.69) is 4.90 Å². The molecule has 1 heterocycles. The van der Waals surface area contributed by atoms with Crippen LogP contribution in [0.15, 0.2) is 17.0 Å². The third-order valence-corrected chi connectivity index (χ3v) is 6.53. The first kappa shape index (κ1) is 20.0. The molecule has 1 N–H and O–H groups in total. The van der Waals surface area contributed by atoms with Crippen molar-refractivity contribution in [1.29, 1.82) is 0 Å². The van der Waals surface area contributed by atoms with Gasteiger partial charge in [-0.15, -0.1) is 0 Å². The van der Waals surface area contributed by atoms with Crippen LogP contribution < -0.4 is 9.47 Å². The summed E-state index contributed by atoms with van der Waals surface area (Å²) in [6, 6.07) is 3.24. The Hall–Kier alpha value is -1.35. The number of aliphatic hydroxyl groups is 1. The minimum absolute atomic E-state index is 0.0403. The molecule has 0 amide bonds. The summed E-state index contributed by atoms with van der Waals surface area (Å²) < 4.78 is 38.2. The van der Waals surface area contributed by atoms with Gasteiger partial charge in [0.05, 0.1) is 25.2 Å². The van der Waals surface area contributed by atoms with Gasteiger partial charge in [0.25, 0.3) is 0 Å². The maximum atomic E-state index is 13.1. The number of hydrogen-bond acceptors (Lipinski definition) is 6. The molecule has 142 valence electrons. The molecule has 0 aromatic heterocycles. The van der Waals surface area contributed by atoms with E-state index >= 15 is 0 Å². The summed E-state index contributed by atoms with van der Waals surface area (Å²) in [5.74, 6) is 0.904. The Morgan fingerprint density at radius 2 is 1.84 bits per heavy atom. The largest absolute Gasteiger partial charge is 0.493 e. The van der Waals surface area contributed by atoms with E-state index in [0.717, 1.165) is 0 Å². The molecular weight excluding hydrogens is 344 g/mol. The van der Waals surface area contributed by atoms with E-state index < -0.39 is 16.1 Å². The van der Waals surface area contributed by atoms with Crippen LogP contribution in [0.1, 0.15) is 19.4 Å². The normalized spacial score (nSPS) is 21.1. The molecule has 0 aliphatic carbocycles. The number of aryl methyl sites for hydroxylation is 1. The standard InChI is InChI=1S/C17H28N2O5S/c1-12-8-15(23-4)16(24-5)9-17(12)25(21,22)19-7-6-18(11-14(3)20)13(2)10-19/h8-9,13-14,20H,6-7,10-11H2,1-5H3/t13-,14+/m1/s1. The fourth-order valence-corrected chi connectivity index (χ4v) is 4.90. The van der Waals surface area contributed by atoms with Crippen LogP contribution in [-0.2, 0) is 10.0 Å². The molecule has 1 aliphatic heterocycles. The van der Waals surface area contributed by atoms with Gasteiger partial charge in [0.15, 0.2) is 11.5 Å². The lowest BCUT2D eigenvalue weighted by Gasteiger charge is -2.39. The van der Waals surface area contributed by atoms with Crippen LogP contribution in [-0.4, -0.2) is 75.3 Å². The molecule has 0 spiro atoms. The molecule has 0 bridgehead atoms. The van der Waals surface area contributed by atoms with Gasteiger partial charge in [-0.05, 0) is 32.4 Å². The predicted octanol–water partition coefficient (Wildman–Crippen LogP) is 1.09. The number of piperazine rings is 1. The molecule has 2 rings (SSSR count).